The lowest BCUT2D eigenvalue weighted by Crippen LogP contribution is -2.16. The van der Waals surface area contributed by atoms with Crippen LogP contribution in [0.5, 0.6) is 0 Å². The third-order valence-electron chi connectivity index (χ3n) is 1.72. The van der Waals surface area contributed by atoms with Gasteiger partial charge >= 0.3 is 0 Å². The first-order valence-electron chi connectivity index (χ1n) is 4.63. The molecule has 1 aromatic carbocycles. The Morgan fingerprint density at radius 3 is 2.93 bits per heavy atom. The van der Waals surface area contributed by atoms with Crippen LogP contribution in [0.1, 0.15) is 0 Å². The van der Waals surface area contributed by atoms with E-state index in [1.165, 1.54) is 0 Å². The van der Waals surface area contributed by atoms with Crippen molar-refractivity contribution in [3.05, 3.63) is 40.9 Å². The largest absolute Gasteiger partial charge is 0.312 e. The van der Waals surface area contributed by atoms with Crippen molar-refractivity contribution in [2.45, 2.75) is 4.90 Å². The molecule has 0 bridgehead atoms. The lowest BCUT2D eigenvalue weighted by molar-refractivity contribution is 0.807. The number of rotatable bonds is 6. The van der Waals surface area contributed by atoms with E-state index in [9.17, 15) is 0 Å². The fraction of sp³-hybridized carbons (Fsp3) is 0.273. The molecule has 0 unspecified atom stereocenters. The van der Waals surface area contributed by atoms with Gasteiger partial charge in [0.15, 0.2) is 0 Å². The number of nitrogens with one attached hydrogen (secondary N) is 1. The quantitative estimate of drug-likeness (QED) is 0.474. The van der Waals surface area contributed by atoms with Gasteiger partial charge in [0.2, 0.25) is 0 Å². The molecule has 15 heavy (non-hydrogen) atoms. The van der Waals surface area contributed by atoms with Gasteiger partial charge in [0.25, 0.3) is 0 Å². The van der Waals surface area contributed by atoms with Gasteiger partial charge in [-0.25, -0.2) is 0 Å². The monoisotopic (exact) mass is 261 g/mol. The Morgan fingerprint density at radius 2 is 2.20 bits per heavy atom. The molecule has 0 aliphatic carbocycles. The molecule has 0 saturated carbocycles. The fourth-order valence-corrected chi connectivity index (χ4v) is 2.43. The topological polar surface area (TPSA) is 12.0 Å². The second kappa shape index (κ2) is 7.18. The molecule has 0 amide bonds. The maximum Gasteiger partial charge on any atom is 0.0542 e. The summed E-state index contributed by atoms with van der Waals surface area (Å²) in [5.74, 6) is 0.966. The minimum Gasteiger partial charge on any atom is -0.312 e. The first-order valence-corrected chi connectivity index (χ1v) is 6.37. The van der Waals surface area contributed by atoms with Crippen LogP contribution in [0, 0.1) is 0 Å². The molecule has 1 N–H and O–H groups in total. The number of hydrogen-bond donors (Lipinski definition) is 1. The zero-order valence-corrected chi connectivity index (χ0v) is 10.6. The van der Waals surface area contributed by atoms with Crippen molar-refractivity contribution in [1.82, 2.24) is 5.32 Å². The summed E-state index contributed by atoms with van der Waals surface area (Å²) in [7, 11) is 0. The zero-order valence-electron chi connectivity index (χ0n) is 8.30. The van der Waals surface area contributed by atoms with E-state index >= 15 is 0 Å². The highest BCUT2D eigenvalue weighted by atomic mass is 35.5. The molecule has 0 radical (unpaired) electrons. The summed E-state index contributed by atoms with van der Waals surface area (Å²) in [5.41, 5.74) is 0. The Hall–Kier alpha value is -0.150. The maximum absolute atomic E-state index is 6.02. The predicted octanol–water partition coefficient (Wildman–Crippen LogP) is 3.86. The summed E-state index contributed by atoms with van der Waals surface area (Å²) >= 11 is 13.6. The van der Waals surface area contributed by atoms with E-state index in [0.717, 1.165) is 33.8 Å². The van der Waals surface area contributed by atoms with Crippen molar-refractivity contribution in [3.8, 4) is 0 Å². The van der Waals surface area contributed by atoms with Crippen LogP contribution < -0.4 is 5.32 Å². The smallest absolute Gasteiger partial charge is 0.0542 e. The SMILES string of the molecule is C=CCNCCSc1cc(Cl)ccc1Cl. The molecular formula is C11H13Cl2NS. The van der Waals surface area contributed by atoms with Crippen LogP contribution in [0.25, 0.3) is 0 Å². The van der Waals surface area contributed by atoms with Crippen molar-refractivity contribution in [2.24, 2.45) is 0 Å². The molecule has 4 heteroatoms. The van der Waals surface area contributed by atoms with E-state index in [2.05, 4.69) is 11.9 Å². The van der Waals surface area contributed by atoms with Crippen molar-refractivity contribution in [2.75, 3.05) is 18.8 Å². The van der Waals surface area contributed by atoms with Crippen LogP contribution in [0.4, 0.5) is 0 Å². The Balaban J connectivity index is 2.36. The average Bonchev–Trinajstić information content (AvgIpc) is 2.23. The molecule has 1 rings (SSSR count). The first-order chi connectivity index (χ1) is 7.24. The van der Waals surface area contributed by atoms with Crippen molar-refractivity contribution in [1.29, 1.82) is 0 Å². The first kappa shape index (κ1) is 12.9. The Bertz CT molecular complexity index is 328. The summed E-state index contributed by atoms with van der Waals surface area (Å²) in [4.78, 5) is 1.03. The van der Waals surface area contributed by atoms with Crippen LogP contribution in [-0.2, 0) is 0 Å². The van der Waals surface area contributed by atoms with E-state index in [1.807, 2.05) is 18.2 Å². The van der Waals surface area contributed by atoms with Crippen LogP contribution in [0.2, 0.25) is 10.0 Å². The average molecular weight is 262 g/mol. The van der Waals surface area contributed by atoms with Gasteiger partial charge in [-0.05, 0) is 18.2 Å². The molecule has 1 aromatic rings. The third kappa shape index (κ3) is 4.94. The molecular weight excluding hydrogens is 249 g/mol. The van der Waals surface area contributed by atoms with Gasteiger partial charge in [0.05, 0.1) is 5.02 Å². The van der Waals surface area contributed by atoms with Crippen molar-refractivity contribution in [3.63, 3.8) is 0 Å². The minimum atomic E-state index is 0.723. The number of benzene rings is 1. The van der Waals surface area contributed by atoms with Crippen LogP contribution >= 0.6 is 35.0 Å². The van der Waals surface area contributed by atoms with E-state index in [0.29, 0.717) is 0 Å². The highest BCUT2D eigenvalue weighted by Crippen LogP contribution is 2.29. The van der Waals surface area contributed by atoms with Crippen LogP contribution in [0.3, 0.4) is 0 Å². The molecule has 1 nitrogen and oxygen atoms in total. The molecule has 0 atom stereocenters. The van der Waals surface area contributed by atoms with Gasteiger partial charge in [-0.2, -0.15) is 0 Å². The normalized spacial score (nSPS) is 10.3. The number of hydrogen-bond acceptors (Lipinski definition) is 2. The second-order valence-corrected chi connectivity index (χ2v) is 4.90. The minimum absolute atomic E-state index is 0.723. The Morgan fingerprint density at radius 1 is 1.40 bits per heavy atom. The van der Waals surface area contributed by atoms with Gasteiger partial charge in [0.1, 0.15) is 0 Å². The van der Waals surface area contributed by atoms with Crippen molar-refractivity contribution < 1.29 is 0 Å². The van der Waals surface area contributed by atoms with Gasteiger partial charge in [-0.1, -0.05) is 29.3 Å². The molecule has 82 valence electrons. The van der Waals surface area contributed by atoms with Gasteiger partial charge in [0, 0.05) is 28.8 Å². The lowest BCUT2D eigenvalue weighted by Gasteiger charge is -2.05. The standard InChI is InChI=1S/C11H13Cl2NS/c1-2-5-14-6-7-15-11-8-9(12)3-4-10(11)13/h2-4,8,14H,1,5-7H2. The Labute approximate surface area is 105 Å². The lowest BCUT2D eigenvalue weighted by atomic mass is 10.4. The van der Waals surface area contributed by atoms with Gasteiger partial charge in [-0.3, -0.25) is 0 Å². The Kier molecular flexibility index (Phi) is 6.18. The molecule has 0 aromatic heterocycles. The van der Waals surface area contributed by atoms with E-state index < -0.39 is 0 Å². The zero-order chi connectivity index (χ0) is 11.1. The predicted molar refractivity (Wildman–Crippen MR) is 70.3 cm³/mol. The summed E-state index contributed by atoms with van der Waals surface area (Å²) in [5, 5.41) is 4.71. The third-order valence-corrected chi connectivity index (χ3v) is 3.45. The highest BCUT2D eigenvalue weighted by Gasteiger charge is 2.01. The van der Waals surface area contributed by atoms with E-state index in [1.54, 1.807) is 17.8 Å². The van der Waals surface area contributed by atoms with Gasteiger partial charge < -0.3 is 5.32 Å². The highest BCUT2D eigenvalue weighted by molar-refractivity contribution is 7.99. The van der Waals surface area contributed by atoms with Crippen LogP contribution in [0.15, 0.2) is 35.7 Å². The van der Waals surface area contributed by atoms with Crippen molar-refractivity contribution >= 4 is 35.0 Å². The van der Waals surface area contributed by atoms with E-state index in [-0.39, 0.29) is 0 Å². The summed E-state index contributed by atoms with van der Waals surface area (Å²) in [6, 6.07) is 5.51. The molecule has 0 spiro atoms. The maximum atomic E-state index is 6.02. The van der Waals surface area contributed by atoms with E-state index in [4.69, 9.17) is 23.2 Å². The molecule has 0 aliphatic rings. The molecule has 0 aliphatic heterocycles. The van der Waals surface area contributed by atoms with Gasteiger partial charge in [-0.15, -0.1) is 18.3 Å². The summed E-state index contributed by atoms with van der Waals surface area (Å²) < 4.78 is 0. The number of thioether (sulfide) groups is 1. The molecule has 0 heterocycles. The summed E-state index contributed by atoms with van der Waals surface area (Å²) in [6.07, 6.45) is 1.84. The molecule has 0 fully saturated rings. The molecule has 0 saturated heterocycles. The summed E-state index contributed by atoms with van der Waals surface area (Å²) in [6.45, 7) is 5.40. The fourth-order valence-electron chi connectivity index (χ4n) is 1.03. The second-order valence-electron chi connectivity index (χ2n) is 2.92. The van der Waals surface area contributed by atoms with Crippen LogP contribution in [-0.4, -0.2) is 18.8 Å². The number of halogens is 2.